The molecule has 3 aromatic heterocycles. The Kier molecular flexibility index (Phi) is 5.87. The second kappa shape index (κ2) is 8.57. The number of imidazole rings is 1. The first-order chi connectivity index (χ1) is 14.4. The lowest BCUT2D eigenvalue weighted by molar-refractivity contribution is -0.134. The van der Waals surface area contributed by atoms with E-state index < -0.39 is 6.04 Å². The number of nitrogens with one attached hydrogen (secondary N) is 1. The van der Waals surface area contributed by atoms with Gasteiger partial charge in [-0.2, -0.15) is 0 Å². The SMILES string of the molecule is Cc1ccn2c(CN3CCN(C(=O)C(C)NC(=O)c4cccs4)CC3)c(C)nc2c1. The standard InChI is InChI=1S/C22H27N5O2S/c1-15-6-7-27-18(16(2)23-20(27)13-15)14-25-8-10-26(11-9-25)22(29)17(3)24-21(28)19-5-4-12-30-19/h4-7,12-13,17H,8-11,14H2,1-3H3,(H,24,28). The summed E-state index contributed by atoms with van der Waals surface area (Å²) in [6, 6.07) is 7.26. The van der Waals surface area contributed by atoms with Crippen molar-refractivity contribution < 1.29 is 9.59 Å². The van der Waals surface area contributed by atoms with E-state index in [1.54, 1.807) is 13.0 Å². The van der Waals surface area contributed by atoms with E-state index in [9.17, 15) is 9.59 Å². The lowest BCUT2D eigenvalue weighted by Gasteiger charge is -2.36. The quantitative estimate of drug-likeness (QED) is 0.682. The van der Waals surface area contributed by atoms with E-state index in [0.29, 0.717) is 18.0 Å². The Labute approximate surface area is 180 Å². The zero-order valence-corrected chi connectivity index (χ0v) is 18.4. The van der Waals surface area contributed by atoms with Crippen molar-refractivity contribution in [2.75, 3.05) is 26.2 Å². The lowest BCUT2D eigenvalue weighted by atomic mass is 10.2. The number of pyridine rings is 1. The van der Waals surface area contributed by atoms with Gasteiger partial charge in [-0.25, -0.2) is 4.98 Å². The summed E-state index contributed by atoms with van der Waals surface area (Å²) in [7, 11) is 0. The molecule has 0 saturated carbocycles. The highest BCUT2D eigenvalue weighted by molar-refractivity contribution is 7.12. The molecular weight excluding hydrogens is 398 g/mol. The molecule has 4 heterocycles. The summed E-state index contributed by atoms with van der Waals surface area (Å²) in [4.78, 5) is 34.5. The fraction of sp³-hybridized carbons (Fsp3) is 0.409. The van der Waals surface area contributed by atoms with Crippen molar-refractivity contribution in [1.82, 2.24) is 24.5 Å². The lowest BCUT2D eigenvalue weighted by Crippen LogP contribution is -2.53. The maximum absolute atomic E-state index is 12.8. The van der Waals surface area contributed by atoms with Crippen molar-refractivity contribution in [3.8, 4) is 0 Å². The van der Waals surface area contributed by atoms with Crippen LogP contribution in [0.2, 0.25) is 0 Å². The van der Waals surface area contributed by atoms with Crippen molar-refractivity contribution in [2.45, 2.75) is 33.4 Å². The number of carbonyl (C=O) groups excluding carboxylic acids is 2. The van der Waals surface area contributed by atoms with E-state index in [4.69, 9.17) is 0 Å². The Balaban J connectivity index is 1.33. The minimum absolute atomic E-state index is 0.0268. The molecule has 1 N–H and O–H groups in total. The van der Waals surface area contributed by atoms with E-state index in [0.717, 1.165) is 31.0 Å². The van der Waals surface area contributed by atoms with Crippen LogP contribution < -0.4 is 5.32 Å². The number of carbonyl (C=O) groups is 2. The molecule has 1 atom stereocenters. The van der Waals surface area contributed by atoms with E-state index in [-0.39, 0.29) is 11.8 Å². The molecule has 0 bridgehead atoms. The third-order valence-electron chi connectivity index (χ3n) is 5.60. The smallest absolute Gasteiger partial charge is 0.261 e. The van der Waals surface area contributed by atoms with Gasteiger partial charge in [0.25, 0.3) is 5.91 Å². The van der Waals surface area contributed by atoms with Gasteiger partial charge in [0.05, 0.1) is 16.3 Å². The topological polar surface area (TPSA) is 70.0 Å². The monoisotopic (exact) mass is 425 g/mol. The van der Waals surface area contributed by atoms with Crippen LogP contribution in [0.4, 0.5) is 0 Å². The molecule has 0 spiro atoms. The van der Waals surface area contributed by atoms with Gasteiger partial charge < -0.3 is 14.6 Å². The molecule has 158 valence electrons. The number of hydrogen-bond acceptors (Lipinski definition) is 5. The first-order valence-corrected chi connectivity index (χ1v) is 11.1. The molecule has 4 rings (SSSR count). The second-order valence-electron chi connectivity index (χ2n) is 7.85. The molecule has 3 aromatic rings. The molecule has 30 heavy (non-hydrogen) atoms. The maximum Gasteiger partial charge on any atom is 0.261 e. The zero-order chi connectivity index (χ0) is 21.3. The van der Waals surface area contributed by atoms with Gasteiger partial charge in [-0.3, -0.25) is 14.5 Å². The van der Waals surface area contributed by atoms with Gasteiger partial charge in [-0.1, -0.05) is 6.07 Å². The number of piperazine rings is 1. The van der Waals surface area contributed by atoms with Crippen LogP contribution in [0.5, 0.6) is 0 Å². The summed E-state index contributed by atoms with van der Waals surface area (Å²) in [6.45, 7) is 9.61. The van der Waals surface area contributed by atoms with Crippen LogP contribution in [0.25, 0.3) is 5.65 Å². The average Bonchev–Trinajstić information content (AvgIpc) is 3.36. The number of nitrogens with zero attached hydrogens (tertiary/aromatic N) is 4. The highest BCUT2D eigenvalue weighted by atomic mass is 32.1. The molecule has 1 saturated heterocycles. The van der Waals surface area contributed by atoms with Crippen LogP contribution in [0.1, 0.15) is 33.5 Å². The summed E-state index contributed by atoms with van der Waals surface area (Å²) in [6.07, 6.45) is 2.08. The van der Waals surface area contributed by atoms with Gasteiger partial charge in [-0.15, -0.1) is 11.3 Å². The predicted octanol–water partition coefficient (Wildman–Crippen LogP) is 2.48. The largest absolute Gasteiger partial charge is 0.340 e. The van der Waals surface area contributed by atoms with Crippen LogP contribution >= 0.6 is 11.3 Å². The Morgan fingerprint density at radius 3 is 2.67 bits per heavy atom. The minimum Gasteiger partial charge on any atom is -0.340 e. The number of aryl methyl sites for hydroxylation is 2. The van der Waals surface area contributed by atoms with Gasteiger partial charge in [-0.05, 0) is 49.9 Å². The Morgan fingerprint density at radius 1 is 1.20 bits per heavy atom. The van der Waals surface area contributed by atoms with Crippen molar-refractivity contribution in [3.05, 3.63) is 57.7 Å². The van der Waals surface area contributed by atoms with Gasteiger partial charge in [0.15, 0.2) is 0 Å². The second-order valence-corrected chi connectivity index (χ2v) is 8.80. The molecule has 1 aliphatic heterocycles. The molecule has 1 aliphatic rings. The normalized spacial score (nSPS) is 16.0. The van der Waals surface area contributed by atoms with Crippen LogP contribution in [0.3, 0.4) is 0 Å². The van der Waals surface area contributed by atoms with Crippen molar-refractivity contribution in [2.24, 2.45) is 0 Å². The van der Waals surface area contributed by atoms with Crippen LogP contribution in [-0.4, -0.2) is 63.2 Å². The summed E-state index contributed by atoms with van der Waals surface area (Å²) in [5.74, 6) is -0.219. The molecule has 7 nitrogen and oxygen atoms in total. The fourth-order valence-corrected chi connectivity index (χ4v) is 4.48. The number of fused-ring (bicyclic) bond motifs is 1. The summed E-state index contributed by atoms with van der Waals surface area (Å²) in [5.41, 5.74) is 4.42. The Hall–Kier alpha value is -2.71. The molecule has 8 heteroatoms. The summed E-state index contributed by atoms with van der Waals surface area (Å²) >= 11 is 1.37. The Bertz CT molecular complexity index is 1050. The van der Waals surface area contributed by atoms with Gasteiger partial charge >= 0.3 is 0 Å². The first-order valence-electron chi connectivity index (χ1n) is 10.2. The number of rotatable bonds is 5. The van der Waals surface area contributed by atoms with E-state index in [1.807, 2.05) is 16.3 Å². The van der Waals surface area contributed by atoms with Gasteiger partial charge in [0.1, 0.15) is 11.7 Å². The molecule has 0 radical (unpaired) electrons. The molecule has 1 unspecified atom stereocenters. The molecule has 2 amide bonds. The van der Waals surface area contributed by atoms with Crippen molar-refractivity contribution in [1.29, 1.82) is 0 Å². The average molecular weight is 426 g/mol. The number of hydrogen-bond donors (Lipinski definition) is 1. The molecule has 1 fully saturated rings. The van der Waals surface area contributed by atoms with Gasteiger partial charge in [0.2, 0.25) is 5.91 Å². The number of amides is 2. The van der Waals surface area contributed by atoms with Crippen molar-refractivity contribution in [3.63, 3.8) is 0 Å². The molecule has 0 aromatic carbocycles. The summed E-state index contributed by atoms with van der Waals surface area (Å²) in [5, 5.41) is 4.67. The molecular formula is C22H27N5O2S. The minimum atomic E-state index is -0.532. The van der Waals surface area contributed by atoms with Crippen LogP contribution in [0.15, 0.2) is 35.8 Å². The Morgan fingerprint density at radius 2 is 1.97 bits per heavy atom. The van der Waals surface area contributed by atoms with E-state index in [1.165, 1.54) is 22.6 Å². The van der Waals surface area contributed by atoms with Crippen molar-refractivity contribution >= 4 is 28.8 Å². The maximum atomic E-state index is 12.8. The highest BCUT2D eigenvalue weighted by Crippen LogP contribution is 2.17. The first kappa shape index (κ1) is 20.6. The zero-order valence-electron chi connectivity index (χ0n) is 17.6. The number of thiophene rings is 1. The third kappa shape index (κ3) is 4.24. The van der Waals surface area contributed by atoms with Gasteiger partial charge in [0, 0.05) is 38.9 Å². The third-order valence-corrected chi connectivity index (χ3v) is 6.47. The molecule has 0 aliphatic carbocycles. The van der Waals surface area contributed by atoms with Crippen LogP contribution in [-0.2, 0) is 11.3 Å². The van der Waals surface area contributed by atoms with E-state index in [2.05, 4.69) is 51.8 Å². The van der Waals surface area contributed by atoms with E-state index >= 15 is 0 Å². The number of aromatic nitrogens is 2. The highest BCUT2D eigenvalue weighted by Gasteiger charge is 2.27. The fourth-order valence-electron chi connectivity index (χ4n) is 3.85. The summed E-state index contributed by atoms with van der Waals surface area (Å²) < 4.78 is 2.15. The predicted molar refractivity (Wildman–Crippen MR) is 118 cm³/mol. The van der Waals surface area contributed by atoms with Crippen LogP contribution in [0, 0.1) is 13.8 Å².